The van der Waals surface area contributed by atoms with Crippen LogP contribution in [0.3, 0.4) is 0 Å². The number of aryl methyl sites for hydroxylation is 1. The predicted molar refractivity (Wildman–Crippen MR) is 70.9 cm³/mol. The van der Waals surface area contributed by atoms with Gasteiger partial charge >= 0.3 is 0 Å². The van der Waals surface area contributed by atoms with E-state index >= 15 is 0 Å². The molecule has 3 nitrogen and oxygen atoms in total. The molecule has 0 radical (unpaired) electrons. The lowest BCUT2D eigenvalue weighted by Gasteiger charge is -2.07. The van der Waals surface area contributed by atoms with E-state index in [0.29, 0.717) is 0 Å². The lowest BCUT2D eigenvalue weighted by Crippen LogP contribution is -2.21. The van der Waals surface area contributed by atoms with Gasteiger partial charge in [-0.15, -0.1) is 0 Å². The Labute approximate surface area is 105 Å². The minimum Gasteiger partial charge on any atom is -0.367 e. The maximum absolute atomic E-state index is 5.97. The number of rotatable bonds is 1. The minimum absolute atomic E-state index is 0.739. The summed E-state index contributed by atoms with van der Waals surface area (Å²) in [6, 6.07) is 7.84. The molecular formula is C13H12ClN3. The smallest absolute Gasteiger partial charge is 0.147 e. The highest BCUT2D eigenvalue weighted by Crippen LogP contribution is 2.21. The van der Waals surface area contributed by atoms with Gasteiger partial charge in [0, 0.05) is 17.0 Å². The lowest BCUT2D eigenvalue weighted by molar-refractivity contribution is 0.958. The summed E-state index contributed by atoms with van der Waals surface area (Å²) < 4.78 is 0. The van der Waals surface area contributed by atoms with Crippen molar-refractivity contribution in [2.24, 2.45) is 4.99 Å². The van der Waals surface area contributed by atoms with Gasteiger partial charge in [-0.3, -0.25) is 4.99 Å². The number of fused-ring (bicyclic) bond motifs is 1. The van der Waals surface area contributed by atoms with E-state index < -0.39 is 0 Å². The van der Waals surface area contributed by atoms with Crippen molar-refractivity contribution in [2.75, 3.05) is 13.1 Å². The molecule has 0 aliphatic carbocycles. The van der Waals surface area contributed by atoms with Gasteiger partial charge in [0.1, 0.15) is 11.5 Å². The maximum atomic E-state index is 5.97. The number of aliphatic imine (C=N–C) groups is 1. The van der Waals surface area contributed by atoms with Crippen molar-refractivity contribution in [3.8, 4) is 0 Å². The Hall–Kier alpha value is -1.61. The van der Waals surface area contributed by atoms with E-state index in [1.54, 1.807) is 0 Å². The van der Waals surface area contributed by atoms with Gasteiger partial charge in [0.2, 0.25) is 0 Å². The Bertz CT molecular complexity index is 619. The van der Waals surface area contributed by atoms with Gasteiger partial charge in [0.05, 0.1) is 12.1 Å². The van der Waals surface area contributed by atoms with Crippen LogP contribution in [0, 0.1) is 6.92 Å². The van der Waals surface area contributed by atoms with Gasteiger partial charge in [0.15, 0.2) is 0 Å². The zero-order chi connectivity index (χ0) is 11.8. The molecule has 2 aromatic rings. The highest BCUT2D eigenvalue weighted by atomic mass is 35.5. The summed E-state index contributed by atoms with van der Waals surface area (Å²) in [7, 11) is 0. The molecule has 4 heteroatoms. The van der Waals surface area contributed by atoms with Crippen LogP contribution in [0.4, 0.5) is 0 Å². The van der Waals surface area contributed by atoms with Crippen LogP contribution < -0.4 is 5.32 Å². The lowest BCUT2D eigenvalue weighted by atomic mass is 10.1. The van der Waals surface area contributed by atoms with E-state index in [0.717, 1.165) is 46.1 Å². The third-order valence-electron chi connectivity index (χ3n) is 2.87. The number of nitrogens with one attached hydrogen (secondary N) is 1. The van der Waals surface area contributed by atoms with E-state index in [4.69, 9.17) is 11.6 Å². The molecule has 0 spiro atoms. The number of halogens is 1. The topological polar surface area (TPSA) is 37.3 Å². The molecule has 0 saturated carbocycles. The fourth-order valence-electron chi connectivity index (χ4n) is 2.05. The van der Waals surface area contributed by atoms with Crippen molar-refractivity contribution in [3.63, 3.8) is 0 Å². The summed E-state index contributed by atoms with van der Waals surface area (Å²) in [5.74, 6) is 0.902. The molecule has 0 saturated heterocycles. The van der Waals surface area contributed by atoms with Gasteiger partial charge in [-0.25, -0.2) is 4.98 Å². The number of pyridine rings is 1. The summed E-state index contributed by atoms with van der Waals surface area (Å²) >= 11 is 5.97. The average Bonchev–Trinajstić information content (AvgIpc) is 2.81. The quantitative estimate of drug-likeness (QED) is 0.839. The zero-order valence-electron chi connectivity index (χ0n) is 9.50. The molecule has 1 N–H and O–H groups in total. The van der Waals surface area contributed by atoms with Gasteiger partial charge in [0.25, 0.3) is 0 Å². The molecule has 0 amide bonds. The molecule has 17 heavy (non-hydrogen) atoms. The second kappa shape index (κ2) is 4.00. The molecule has 1 aromatic heterocycles. The van der Waals surface area contributed by atoms with Crippen LogP contribution in [0.25, 0.3) is 10.9 Å². The first-order valence-corrected chi connectivity index (χ1v) is 5.97. The molecule has 1 aliphatic heterocycles. The van der Waals surface area contributed by atoms with Crippen molar-refractivity contribution in [1.29, 1.82) is 0 Å². The Balaban J connectivity index is 2.20. The second-order valence-electron chi connectivity index (χ2n) is 4.15. The monoisotopic (exact) mass is 245 g/mol. The van der Waals surface area contributed by atoms with E-state index in [-0.39, 0.29) is 0 Å². The van der Waals surface area contributed by atoms with Crippen LogP contribution >= 0.6 is 11.6 Å². The van der Waals surface area contributed by atoms with Crippen LogP contribution in [0.5, 0.6) is 0 Å². The summed E-state index contributed by atoms with van der Waals surface area (Å²) in [6.45, 7) is 3.77. The van der Waals surface area contributed by atoms with Crippen LogP contribution in [0.1, 0.15) is 11.3 Å². The Morgan fingerprint density at radius 3 is 2.94 bits per heavy atom. The Kier molecular flexibility index (Phi) is 2.48. The van der Waals surface area contributed by atoms with Gasteiger partial charge < -0.3 is 5.32 Å². The normalized spacial score (nSPS) is 14.8. The first-order valence-electron chi connectivity index (χ1n) is 5.59. The maximum Gasteiger partial charge on any atom is 0.147 e. The van der Waals surface area contributed by atoms with E-state index in [2.05, 4.69) is 21.4 Å². The van der Waals surface area contributed by atoms with Crippen LogP contribution in [-0.2, 0) is 0 Å². The summed E-state index contributed by atoms with van der Waals surface area (Å²) in [5, 5.41) is 5.06. The second-order valence-corrected chi connectivity index (χ2v) is 4.58. The molecule has 0 atom stereocenters. The fourth-order valence-corrected chi connectivity index (χ4v) is 2.23. The third-order valence-corrected chi connectivity index (χ3v) is 3.10. The Morgan fingerprint density at radius 2 is 2.18 bits per heavy atom. The van der Waals surface area contributed by atoms with E-state index in [1.807, 2.05) is 25.1 Å². The van der Waals surface area contributed by atoms with Crippen LogP contribution in [-0.4, -0.2) is 23.9 Å². The Morgan fingerprint density at radius 1 is 1.29 bits per heavy atom. The van der Waals surface area contributed by atoms with Gasteiger partial charge in [-0.05, 0) is 36.8 Å². The van der Waals surface area contributed by atoms with Crippen molar-refractivity contribution < 1.29 is 0 Å². The molecule has 3 rings (SSSR count). The van der Waals surface area contributed by atoms with Crippen LogP contribution in [0.15, 0.2) is 29.3 Å². The predicted octanol–water partition coefficient (Wildman–Crippen LogP) is 2.55. The first kappa shape index (κ1) is 10.5. The number of amidine groups is 1. The number of hydrogen-bond acceptors (Lipinski definition) is 3. The molecular weight excluding hydrogens is 234 g/mol. The SMILES string of the molecule is Cc1cc2cc(Cl)ccc2nc1C1=NCCN1. The standard InChI is InChI=1S/C13H12ClN3/c1-8-6-9-7-10(14)2-3-11(9)17-12(8)13-15-4-5-16-13/h2-3,6-7H,4-5H2,1H3,(H,15,16). The van der Waals surface area contributed by atoms with Crippen molar-refractivity contribution in [1.82, 2.24) is 10.3 Å². The highest BCUT2D eigenvalue weighted by Gasteiger charge is 2.13. The number of benzene rings is 1. The molecule has 0 bridgehead atoms. The fraction of sp³-hybridized carbons (Fsp3) is 0.231. The molecule has 0 fully saturated rings. The van der Waals surface area contributed by atoms with E-state index in [1.165, 1.54) is 0 Å². The molecule has 0 unspecified atom stereocenters. The average molecular weight is 246 g/mol. The van der Waals surface area contributed by atoms with E-state index in [9.17, 15) is 0 Å². The molecule has 86 valence electrons. The highest BCUT2D eigenvalue weighted by molar-refractivity contribution is 6.31. The van der Waals surface area contributed by atoms with Gasteiger partial charge in [-0.1, -0.05) is 11.6 Å². The number of aromatic nitrogens is 1. The molecule has 1 aromatic carbocycles. The largest absolute Gasteiger partial charge is 0.367 e. The number of nitrogens with zero attached hydrogens (tertiary/aromatic N) is 2. The first-order chi connectivity index (χ1) is 8.24. The molecule has 2 heterocycles. The van der Waals surface area contributed by atoms with Crippen molar-refractivity contribution in [3.05, 3.63) is 40.5 Å². The number of hydrogen-bond donors (Lipinski definition) is 1. The third kappa shape index (κ3) is 1.87. The van der Waals surface area contributed by atoms with Crippen molar-refractivity contribution in [2.45, 2.75) is 6.92 Å². The van der Waals surface area contributed by atoms with Gasteiger partial charge in [-0.2, -0.15) is 0 Å². The summed E-state index contributed by atoms with van der Waals surface area (Å²) in [5.41, 5.74) is 3.01. The summed E-state index contributed by atoms with van der Waals surface area (Å²) in [6.07, 6.45) is 0. The van der Waals surface area contributed by atoms with Crippen molar-refractivity contribution >= 4 is 28.3 Å². The zero-order valence-corrected chi connectivity index (χ0v) is 10.3. The minimum atomic E-state index is 0.739. The van der Waals surface area contributed by atoms with Crippen LogP contribution in [0.2, 0.25) is 5.02 Å². The summed E-state index contributed by atoms with van der Waals surface area (Å²) in [4.78, 5) is 9.05. The molecule has 1 aliphatic rings.